The minimum Gasteiger partial charge on any atom is -0.273 e. The number of fused-ring (bicyclic) bond motifs is 5. The molecule has 29 heavy (non-hydrogen) atoms. The summed E-state index contributed by atoms with van der Waals surface area (Å²) in [5.41, 5.74) is 5.19. The first kappa shape index (κ1) is 16.8. The first-order valence-electron chi connectivity index (χ1n) is 9.75. The van der Waals surface area contributed by atoms with E-state index in [1.807, 2.05) is 53.1 Å². The molecule has 6 rings (SSSR count). The smallest absolute Gasteiger partial charge is 0.242 e. The number of aromatic nitrogens is 2. The molecule has 0 unspecified atom stereocenters. The maximum Gasteiger partial charge on any atom is 0.242 e. The number of nitrogens with zero attached hydrogens (tertiary/aromatic N) is 2. The van der Waals surface area contributed by atoms with Crippen molar-refractivity contribution in [2.75, 3.05) is 0 Å². The predicted octanol–water partition coefficient (Wildman–Crippen LogP) is 5.73. The van der Waals surface area contributed by atoms with E-state index in [4.69, 9.17) is 4.98 Å². The summed E-state index contributed by atoms with van der Waals surface area (Å²) in [7, 11) is 0. The Hall–Kier alpha value is -3.11. The number of hydrogen-bond donors (Lipinski definition) is 0. The monoisotopic (exact) mass is 394 g/mol. The summed E-state index contributed by atoms with van der Waals surface area (Å²) in [5, 5.41) is 0. The van der Waals surface area contributed by atoms with Crippen molar-refractivity contribution in [1.29, 1.82) is 0 Å². The Morgan fingerprint density at radius 1 is 0.897 bits per heavy atom. The molecular formula is C25H18N2OS. The number of carbonyl (C=O) groups excluding carboxylic acids is 1. The molecule has 140 valence electrons. The lowest BCUT2D eigenvalue weighted by atomic mass is 9.82. The normalized spacial score (nSPS) is 22.9. The molecule has 2 aliphatic heterocycles. The van der Waals surface area contributed by atoms with Gasteiger partial charge in [-0.25, -0.2) is 4.98 Å². The number of para-hydroxylation sites is 2. The quantitative estimate of drug-likeness (QED) is 0.436. The van der Waals surface area contributed by atoms with Crippen molar-refractivity contribution in [3.8, 4) is 0 Å². The zero-order valence-corrected chi connectivity index (χ0v) is 16.7. The molecule has 3 heterocycles. The molecule has 3 aromatic carbocycles. The van der Waals surface area contributed by atoms with E-state index in [0.29, 0.717) is 0 Å². The summed E-state index contributed by atoms with van der Waals surface area (Å²) >= 11 is 1.78. The number of carbonyl (C=O) groups is 1. The first-order chi connectivity index (χ1) is 14.2. The van der Waals surface area contributed by atoms with Crippen molar-refractivity contribution in [3.63, 3.8) is 0 Å². The van der Waals surface area contributed by atoms with E-state index in [9.17, 15) is 4.79 Å². The zero-order valence-electron chi connectivity index (χ0n) is 15.9. The van der Waals surface area contributed by atoms with Crippen LogP contribution in [-0.4, -0.2) is 15.5 Å². The average molecular weight is 394 g/mol. The van der Waals surface area contributed by atoms with E-state index < -0.39 is 4.75 Å². The van der Waals surface area contributed by atoms with Crippen LogP contribution in [0.1, 0.15) is 28.7 Å². The largest absolute Gasteiger partial charge is 0.273 e. The van der Waals surface area contributed by atoms with Gasteiger partial charge in [0.15, 0.2) is 0 Å². The van der Waals surface area contributed by atoms with Crippen LogP contribution in [0.4, 0.5) is 0 Å². The SMILES string of the molecule is CC1=C(c2ccccc2)S[C@@]2(c3ccccc3)c3nc4ccccc4n3C(=O)[C@H]12. The molecule has 0 amide bonds. The van der Waals surface area contributed by atoms with Gasteiger partial charge in [-0.2, -0.15) is 0 Å². The second-order valence-corrected chi connectivity index (χ2v) is 8.87. The molecular weight excluding hydrogens is 376 g/mol. The minimum atomic E-state index is -0.535. The highest BCUT2D eigenvalue weighted by atomic mass is 32.2. The lowest BCUT2D eigenvalue weighted by Gasteiger charge is -2.27. The lowest BCUT2D eigenvalue weighted by molar-refractivity contribution is 0.0881. The molecule has 0 saturated heterocycles. The molecule has 0 saturated carbocycles. The molecule has 0 bridgehead atoms. The van der Waals surface area contributed by atoms with E-state index in [2.05, 4.69) is 43.3 Å². The van der Waals surface area contributed by atoms with Crippen molar-refractivity contribution in [1.82, 2.24) is 9.55 Å². The summed E-state index contributed by atoms with van der Waals surface area (Å²) in [5.74, 6) is 0.709. The Morgan fingerprint density at radius 3 is 2.31 bits per heavy atom. The van der Waals surface area contributed by atoms with Crippen molar-refractivity contribution in [2.24, 2.45) is 5.92 Å². The number of benzene rings is 3. The molecule has 1 aromatic heterocycles. The molecule has 4 heteroatoms. The zero-order chi connectivity index (χ0) is 19.6. The molecule has 0 aliphatic carbocycles. The Morgan fingerprint density at radius 2 is 1.55 bits per heavy atom. The van der Waals surface area contributed by atoms with Gasteiger partial charge in [0.2, 0.25) is 5.91 Å². The molecule has 4 aromatic rings. The topological polar surface area (TPSA) is 34.9 Å². The van der Waals surface area contributed by atoms with Crippen molar-refractivity contribution in [2.45, 2.75) is 11.7 Å². The van der Waals surface area contributed by atoms with E-state index in [-0.39, 0.29) is 11.8 Å². The van der Waals surface area contributed by atoms with Gasteiger partial charge < -0.3 is 0 Å². The maximum absolute atomic E-state index is 13.8. The number of imidazole rings is 1. The summed E-state index contributed by atoms with van der Waals surface area (Å²) in [6, 6.07) is 28.7. The highest BCUT2D eigenvalue weighted by Gasteiger charge is 2.61. The minimum absolute atomic E-state index is 0.119. The lowest BCUT2D eigenvalue weighted by Crippen LogP contribution is -2.29. The van der Waals surface area contributed by atoms with Crippen LogP contribution in [0, 0.1) is 5.92 Å². The van der Waals surface area contributed by atoms with Crippen LogP contribution in [0.5, 0.6) is 0 Å². The van der Waals surface area contributed by atoms with E-state index in [1.54, 1.807) is 11.8 Å². The second-order valence-electron chi connectivity index (χ2n) is 7.61. The number of thioether (sulfide) groups is 1. The molecule has 0 N–H and O–H groups in total. The van der Waals surface area contributed by atoms with Gasteiger partial charge in [0.1, 0.15) is 10.6 Å². The number of rotatable bonds is 2. The fourth-order valence-corrected chi connectivity index (χ4v) is 6.55. The van der Waals surface area contributed by atoms with Gasteiger partial charge >= 0.3 is 0 Å². The highest BCUT2D eigenvalue weighted by molar-refractivity contribution is 8.09. The molecule has 2 aliphatic rings. The predicted molar refractivity (Wildman–Crippen MR) is 118 cm³/mol. The Kier molecular flexibility index (Phi) is 3.44. The Balaban J connectivity index is 1.66. The summed E-state index contributed by atoms with van der Waals surface area (Å²) in [4.78, 5) is 20.0. The van der Waals surface area contributed by atoms with Crippen molar-refractivity contribution >= 4 is 33.6 Å². The molecule has 3 nitrogen and oxygen atoms in total. The highest BCUT2D eigenvalue weighted by Crippen LogP contribution is 2.65. The molecule has 0 radical (unpaired) electrons. The van der Waals surface area contributed by atoms with Crippen LogP contribution >= 0.6 is 11.8 Å². The fourth-order valence-electron chi connectivity index (χ4n) is 4.81. The van der Waals surface area contributed by atoms with Crippen LogP contribution in [0.25, 0.3) is 15.9 Å². The average Bonchev–Trinajstić information content (AvgIpc) is 3.38. The number of allylic oxidation sites excluding steroid dienone is 1. The standard InChI is InChI=1S/C25H18N2OS/c1-16-21-23(28)27-20-15-9-8-14-19(20)26-24(27)25(21,18-12-6-3-7-13-18)29-22(16)17-10-4-2-5-11-17/h2-15,21H,1H3/t21-,25+/m0/s1. The van der Waals surface area contributed by atoms with Crippen LogP contribution < -0.4 is 0 Å². The van der Waals surface area contributed by atoms with Crippen LogP contribution in [-0.2, 0) is 4.75 Å². The Bertz CT molecular complexity index is 1310. The van der Waals surface area contributed by atoms with Gasteiger partial charge in [-0.15, -0.1) is 11.8 Å². The van der Waals surface area contributed by atoms with E-state index in [0.717, 1.165) is 33.6 Å². The third kappa shape index (κ3) is 2.10. The van der Waals surface area contributed by atoms with Gasteiger partial charge in [-0.3, -0.25) is 9.36 Å². The maximum atomic E-state index is 13.8. The van der Waals surface area contributed by atoms with Gasteiger partial charge in [0.25, 0.3) is 0 Å². The molecule has 0 spiro atoms. The van der Waals surface area contributed by atoms with Gasteiger partial charge in [0, 0.05) is 4.91 Å². The van der Waals surface area contributed by atoms with Crippen LogP contribution in [0.2, 0.25) is 0 Å². The second kappa shape index (κ2) is 5.94. The molecule has 0 fully saturated rings. The van der Waals surface area contributed by atoms with Crippen LogP contribution in [0.3, 0.4) is 0 Å². The van der Waals surface area contributed by atoms with E-state index in [1.165, 1.54) is 4.91 Å². The first-order valence-corrected chi connectivity index (χ1v) is 10.6. The molecule has 2 atom stereocenters. The van der Waals surface area contributed by atoms with Gasteiger partial charge in [-0.1, -0.05) is 72.8 Å². The Labute approximate surface area is 173 Å². The van der Waals surface area contributed by atoms with Crippen molar-refractivity contribution < 1.29 is 4.79 Å². The van der Waals surface area contributed by atoms with Gasteiger partial charge in [-0.05, 0) is 35.8 Å². The third-order valence-electron chi connectivity index (χ3n) is 6.06. The summed E-state index contributed by atoms with van der Waals surface area (Å²) in [6.45, 7) is 2.11. The van der Waals surface area contributed by atoms with Gasteiger partial charge in [0.05, 0.1) is 17.0 Å². The fraction of sp³-hybridized carbons (Fsp3) is 0.120. The van der Waals surface area contributed by atoms with E-state index >= 15 is 0 Å². The summed E-state index contributed by atoms with van der Waals surface area (Å²) in [6.07, 6.45) is 0. The van der Waals surface area contributed by atoms with Crippen LogP contribution in [0.15, 0.2) is 90.5 Å². The summed E-state index contributed by atoms with van der Waals surface area (Å²) < 4.78 is 1.32. The number of hydrogen-bond acceptors (Lipinski definition) is 3. The van der Waals surface area contributed by atoms with Crippen molar-refractivity contribution in [3.05, 3.63) is 107 Å². The third-order valence-corrected chi connectivity index (χ3v) is 7.80.